The van der Waals surface area contributed by atoms with Gasteiger partial charge in [0, 0.05) is 0 Å². The van der Waals surface area contributed by atoms with Gasteiger partial charge in [0.2, 0.25) is 0 Å². The van der Waals surface area contributed by atoms with Crippen LogP contribution in [-0.4, -0.2) is 0 Å². The van der Waals surface area contributed by atoms with E-state index in [2.05, 4.69) is 41.5 Å². The number of unbranched alkanes of at least 4 members (excludes halogenated alkanes) is 1. The van der Waals surface area contributed by atoms with Gasteiger partial charge in [0.05, 0.1) is 0 Å². The summed E-state index contributed by atoms with van der Waals surface area (Å²) in [7, 11) is 0. The van der Waals surface area contributed by atoms with E-state index in [1.165, 1.54) is 64.2 Å². The first-order valence-electron chi connectivity index (χ1n) is 10.9. The molecule has 136 valence electrons. The Bertz CT molecular complexity index is 344. The van der Waals surface area contributed by atoms with Gasteiger partial charge in [0.1, 0.15) is 0 Å². The molecule has 0 aromatic carbocycles. The lowest BCUT2D eigenvalue weighted by atomic mass is 9.56. The van der Waals surface area contributed by atoms with Crippen LogP contribution in [0.3, 0.4) is 0 Å². The van der Waals surface area contributed by atoms with E-state index in [4.69, 9.17) is 0 Å². The Morgan fingerprint density at radius 2 is 1.74 bits per heavy atom. The Kier molecular flexibility index (Phi) is 7.05. The molecule has 2 aliphatic carbocycles. The number of fused-ring (bicyclic) bond motifs is 1. The van der Waals surface area contributed by atoms with Crippen molar-refractivity contribution in [2.24, 2.45) is 40.9 Å². The van der Waals surface area contributed by atoms with Crippen LogP contribution in [0.25, 0.3) is 0 Å². The second-order valence-corrected chi connectivity index (χ2v) is 9.92. The van der Waals surface area contributed by atoms with Gasteiger partial charge in [-0.15, -0.1) is 0 Å². The minimum atomic E-state index is 0.669. The van der Waals surface area contributed by atoms with Crippen molar-refractivity contribution in [3.05, 3.63) is 0 Å². The fraction of sp³-hybridized carbons (Fsp3) is 1.00. The molecule has 0 heteroatoms. The molecule has 2 aliphatic rings. The molecule has 0 aliphatic heterocycles. The summed E-state index contributed by atoms with van der Waals surface area (Å²) in [4.78, 5) is 0. The largest absolute Gasteiger partial charge is 0.0654 e. The van der Waals surface area contributed by atoms with Crippen molar-refractivity contribution < 1.29 is 0 Å². The highest BCUT2D eigenvalue weighted by atomic mass is 14.6. The van der Waals surface area contributed by atoms with Crippen molar-refractivity contribution in [2.75, 3.05) is 0 Å². The fourth-order valence-electron chi connectivity index (χ4n) is 6.43. The molecule has 6 unspecified atom stereocenters. The maximum atomic E-state index is 2.69. The summed E-state index contributed by atoms with van der Waals surface area (Å²) in [6, 6.07) is 0. The van der Waals surface area contributed by atoms with Gasteiger partial charge in [-0.2, -0.15) is 0 Å². The summed E-state index contributed by atoms with van der Waals surface area (Å²) in [6.45, 7) is 14.9. The van der Waals surface area contributed by atoms with Crippen molar-refractivity contribution in [3.8, 4) is 0 Å². The van der Waals surface area contributed by atoms with Crippen molar-refractivity contribution in [2.45, 2.75) is 106 Å². The van der Waals surface area contributed by atoms with E-state index in [0.29, 0.717) is 5.41 Å². The minimum Gasteiger partial charge on any atom is -0.0654 e. The second-order valence-electron chi connectivity index (χ2n) is 9.92. The van der Waals surface area contributed by atoms with Gasteiger partial charge in [-0.3, -0.25) is 0 Å². The molecule has 0 aromatic heterocycles. The van der Waals surface area contributed by atoms with E-state index in [-0.39, 0.29) is 0 Å². The van der Waals surface area contributed by atoms with Crippen molar-refractivity contribution in [1.82, 2.24) is 0 Å². The predicted octanol–water partition coefficient (Wildman–Crippen LogP) is 7.72. The van der Waals surface area contributed by atoms with Crippen LogP contribution in [0.2, 0.25) is 0 Å². The summed E-state index contributed by atoms with van der Waals surface area (Å²) in [6.07, 6.45) is 14.8. The Hall–Kier alpha value is 0. The predicted molar refractivity (Wildman–Crippen MR) is 104 cm³/mol. The summed E-state index contributed by atoms with van der Waals surface area (Å²) in [5.41, 5.74) is 0.669. The maximum absolute atomic E-state index is 2.69. The smallest absolute Gasteiger partial charge is 0.0264 e. The van der Waals surface area contributed by atoms with Gasteiger partial charge in [-0.05, 0) is 73.0 Å². The van der Waals surface area contributed by atoms with Crippen LogP contribution in [0.4, 0.5) is 0 Å². The van der Waals surface area contributed by atoms with Crippen molar-refractivity contribution >= 4 is 0 Å². The molecule has 2 rings (SSSR count). The normalized spacial score (nSPS) is 38.7. The van der Waals surface area contributed by atoms with Gasteiger partial charge in [-0.25, -0.2) is 0 Å². The zero-order chi connectivity index (χ0) is 17.0. The molecule has 0 N–H and O–H groups in total. The summed E-state index contributed by atoms with van der Waals surface area (Å²) >= 11 is 0. The average Bonchev–Trinajstić information content (AvgIpc) is 2.84. The highest BCUT2D eigenvalue weighted by Crippen LogP contribution is 2.61. The van der Waals surface area contributed by atoms with Crippen molar-refractivity contribution in [3.63, 3.8) is 0 Å². The van der Waals surface area contributed by atoms with Gasteiger partial charge in [-0.1, -0.05) is 73.6 Å². The molecule has 6 atom stereocenters. The summed E-state index contributed by atoms with van der Waals surface area (Å²) in [5.74, 6) is 5.88. The Labute approximate surface area is 147 Å². The van der Waals surface area contributed by atoms with Gasteiger partial charge in [0.15, 0.2) is 0 Å². The molecule has 0 heterocycles. The van der Waals surface area contributed by atoms with E-state index in [9.17, 15) is 0 Å². The average molecular weight is 321 g/mol. The first-order chi connectivity index (χ1) is 10.9. The van der Waals surface area contributed by atoms with E-state index in [1.54, 1.807) is 0 Å². The molecule has 2 saturated carbocycles. The van der Waals surface area contributed by atoms with Gasteiger partial charge >= 0.3 is 0 Å². The lowest BCUT2D eigenvalue weighted by Gasteiger charge is -2.49. The van der Waals surface area contributed by atoms with E-state index < -0.39 is 0 Å². The Morgan fingerprint density at radius 3 is 2.39 bits per heavy atom. The molecule has 0 aromatic rings. The van der Waals surface area contributed by atoms with Crippen LogP contribution in [0, 0.1) is 40.9 Å². The highest BCUT2D eigenvalue weighted by Gasteiger charge is 2.53. The lowest BCUT2D eigenvalue weighted by Crippen LogP contribution is -2.42. The molecule has 0 saturated heterocycles. The van der Waals surface area contributed by atoms with Gasteiger partial charge < -0.3 is 0 Å². The molecule has 0 radical (unpaired) electrons. The Morgan fingerprint density at radius 1 is 1.00 bits per heavy atom. The molecular formula is C23H44. The first kappa shape index (κ1) is 19.3. The molecule has 0 spiro atoms. The van der Waals surface area contributed by atoms with Crippen LogP contribution in [0.1, 0.15) is 106 Å². The second kappa shape index (κ2) is 8.39. The highest BCUT2D eigenvalue weighted by molar-refractivity contribution is 5.02. The summed E-state index contributed by atoms with van der Waals surface area (Å²) in [5, 5.41) is 0. The van der Waals surface area contributed by atoms with Gasteiger partial charge in [0.25, 0.3) is 0 Å². The van der Waals surface area contributed by atoms with E-state index in [1.807, 2.05) is 0 Å². The quantitative estimate of drug-likeness (QED) is 0.429. The molecule has 0 nitrogen and oxygen atoms in total. The van der Waals surface area contributed by atoms with Crippen molar-refractivity contribution in [1.29, 1.82) is 0 Å². The lowest BCUT2D eigenvalue weighted by molar-refractivity contribution is -0.00340. The number of rotatable bonds is 8. The summed E-state index contributed by atoms with van der Waals surface area (Å²) < 4.78 is 0. The van der Waals surface area contributed by atoms with Crippen LogP contribution in [0.15, 0.2) is 0 Å². The van der Waals surface area contributed by atoms with Crippen LogP contribution in [-0.2, 0) is 0 Å². The van der Waals surface area contributed by atoms with Crippen LogP contribution in [0.5, 0.6) is 0 Å². The number of hydrogen-bond acceptors (Lipinski definition) is 0. The first-order valence-corrected chi connectivity index (χ1v) is 10.9. The standard InChI is InChI=1S/C23H44/c1-7-8-12-20-18(4)15-16-23(6)21(13-14-22(20)23)19(5)11-9-10-17(2)3/h17-22H,7-16H2,1-6H3. The SMILES string of the molecule is CCCCC1C(C)CCC2(C)C(C(C)CCCC(C)C)CCC12. The van der Waals surface area contributed by atoms with Crippen LogP contribution < -0.4 is 0 Å². The van der Waals surface area contributed by atoms with Crippen LogP contribution >= 0.6 is 0 Å². The van der Waals surface area contributed by atoms with E-state index in [0.717, 1.165) is 35.5 Å². The molecular weight excluding hydrogens is 276 g/mol. The monoisotopic (exact) mass is 320 g/mol. The molecule has 0 bridgehead atoms. The number of hydrogen-bond donors (Lipinski definition) is 0. The third-order valence-electron chi connectivity index (χ3n) is 7.89. The third kappa shape index (κ3) is 4.35. The molecule has 23 heavy (non-hydrogen) atoms. The third-order valence-corrected chi connectivity index (χ3v) is 7.89. The maximum Gasteiger partial charge on any atom is -0.0264 e. The minimum absolute atomic E-state index is 0.669. The fourth-order valence-corrected chi connectivity index (χ4v) is 6.43. The Balaban J connectivity index is 1.99. The zero-order valence-corrected chi connectivity index (χ0v) is 17.0. The van der Waals surface area contributed by atoms with E-state index >= 15 is 0 Å². The zero-order valence-electron chi connectivity index (χ0n) is 17.0. The topological polar surface area (TPSA) is 0 Å². The molecule has 2 fully saturated rings. The molecule has 0 amide bonds.